The maximum atomic E-state index is 14.0. The Kier molecular flexibility index (Phi) is 6.78. The van der Waals surface area contributed by atoms with Gasteiger partial charge >= 0.3 is 0 Å². The topological polar surface area (TPSA) is 70.6 Å². The molecule has 35 heavy (non-hydrogen) atoms. The van der Waals surface area contributed by atoms with Gasteiger partial charge in [-0.3, -0.25) is 15.0 Å². The Morgan fingerprint density at radius 2 is 1.66 bits per heavy atom. The number of imidazole rings is 1. The summed E-state index contributed by atoms with van der Waals surface area (Å²) < 4.78 is 30.0. The van der Waals surface area contributed by atoms with Crippen LogP contribution < -0.4 is 0 Å². The summed E-state index contributed by atoms with van der Waals surface area (Å²) in [5.41, 5.74) is 5.82. The second kappa shape index (κ2) is 10.1. The van der Waals surface area contributed by atoms with Crippen LogP contribution in [0.15, 0.2) is 67.0 Å². The SMILES string of the molecule is Cc1cccc(-c2[nH]c(CN(I)CCc3c(F)cccc3F)nc2-c2ccc3nccnc3c2)n1. The summed E-state index contributed by atoms with van der Waals surface area (Å²) in [4.78, 5) is 21.8. The molecular formula is C26H21F2IN6. The third-order valence-electron chi connectivity index (χ3n) is 5.63. The molecule has 0 spiro atoms. The van der Waals surface area contributed by atoms with E-state index in [0.29, 0.717) is 13.1 Å². The van der Waals surface area contributed by atoms with E-state index in [0.717, 1.165) is 45.2 Å². The Labute approximate surface area is 215 Å². The molecule has 0 bridgehead atoms. The van der Waals surface area contributed by atoms with E-state index in [1.807, 2.05) is 46.4 Å². The largest absolute Gasteiger partial charge is 0.339 e. The van der Waals surface area contributed by atoms with Crippen molar-refractivity contribution in [3.63, 3.8) is 0 Å². The highest BCUT2D eigenvalue weighted by molar-refractivity contribution is 14.1. The Morgan fingerprint density at radius 3 is 2.43 bits per heavy atom. The van der Waals surface area contributed by atoms with Crippen molar-refractivity contribution < 1.29 is 8.78 Å². The molecule has 2 aromatic carbocycles. The zero-order chi connectivity index (χ0) is 24.4. The van der Waals surface area contributed by atoms with Crippen LogP contribution in [-0.4, -0.2) is 34.6 Å². The first-order chi connectivity index (χ1) is 17.0. The molecule has 0 saturated carbocycles. The normalized spacial score (nSPS) is 11.5. The maximum Gasteiger partial charge on any atom is 0.129 e. The van der Waals surface area contributed by atoms with Gasteiger partial charge < -0.3 is 4.98 Å². The second-order valence-corrected chi connectivity index (χ2v) is 9.49. The van der Waals surface area contributed by atoms with Gasteiger partial charge in [0.25, 0.3) is 0 Å². The van der Waals surface area contributed by atoms with Crippen LogP contribution in [0.4, 0.5) is 8.78 Å². The summed E-state index contributed by atoms with van der Waals surface area (Å²) in [5.74, 6) is -0.328. The highest BCUT2D eigenvalue weighted by Gasteiger charge is 2.18. The quantitative estimate of drug-likeness (QED) is 0.187. The van der Waals surface area contributed by atoms with E-state index in [9.17, 15) is 8.78 Å². The number of pyridine rings is 1. The van der Waals surface area contributed by atoms with Gasteiger partial charge in [-0.15, -0.1) is 0 Å². The Balaban J connectivity index is 1.45. The van der Waals surface area contributed by atoms with Gasteiger partial charge in [-0.05, 0) is 49.7 Å². The molecule has 176 valence electrons. The van der Waals surface area contributed by atoms with Gasteiger partial charge in [-0.1, -0.05) is 18.2 Å². The first kappa shape index (κ1) is 23.4. The smallest absolute Gasteiger partial charge is 0.129 e. The van der Waals surface area contributed by atoms with Crippen molar-refractivity contribution in [2.45, 2.75) is 19.9 Å². The number of aryl methyl sites for hydroxylation is 1. The van der Waals surface area contributed by atoms with Gasteiger partial charge in [-0.25, -0.2) is 16.9 Å². The van der Waals surface area contributed by atoms with E-state index in [-0.39, 0.29) is 12.0 Å². The summed E-state index contributed by atoms with van der Waals surface area (Å²) in [6.07, 6.45) is 3.58. The van der Waals surface area contributed by atoms with E-state index in [1.165, 1.54) is 18.2 Å². The van der Waals surface area contributed by atoms with E-state index in [4.69, 9.17) is 4.98 Å². The first-order valence-corrected chi connectivity index (χ1v) is 12.0. The van der Waals surface area contributed by atoms with Crippen molar-refractivity contribution in [1.82, 2.24) is 28.0 Å². The van der Waals surface area contributed by atoms with Gasteiger partial charge in [0.2, 0.25) is 0 Å². The number of rotatable bonds is 7. The lowest BCUT2D eigenvalue weighted by atomic mass is 10.1. The minimum atomic E-state index is -0.526. The predicted octanol–water partition coefficient (Wildman–Crippen LogP) is 6.06. The zero-order valence-corrected chi connectivity index (χ0v) is 21.0. The monoisotopic (exact) mass is 582 g/mol. The highest BCUT2D eigenvalue weighted by Crippen LogP contribution is 2.31. The van der Waals surface area contributed by atoms with Crippen LogP contribution >= 0.6 is 22.9 Å². The molecule has 0 unspecified atom stereocenters. The maximum absolute atomic E-state index is 14.0. The molecule has 0 aliphatic carbocycles. The molecule has 9 heteroatoms. The molecule has 0 saturated heterocycles. The first-order valence-electron chi connectivity index (χ1n) is 11.1. The molecule has 1 N–H and O–H groups in total. The molecule has 0 fully saturated rings. The van der Waals surface area contributed by atoms with Gasteiger partial charge in [0, 0.05) is 58.6 Å². The van der Waals surface area contributed by atoms with E-state index < -0.39 is 11.6 Å². The molecule has 0 aliphatic rings. The lowest BCUT2D eigenvalue weighted by Crippen LogP contribution is -2.16. The fourth-order valence-corrected chi connectivity index (χ4v) is 4.49. The van der Waals surface area contributed by atoms with Crippen LogP contribution in [0.5, 0.6) is 0 Å². The zero-order valence-electron chi connectivity index (χ0n) is 18.8. The number of nitrogens with one attached hydrogen (secondary N) is 1. The average molecular weight is 582 g/mol. The van der Waals surface area contributed by atoms with Crippen molar-refractivity contribution in [2.24, 2.45) is 0 Å². The summed E-state index contributed by atoms with van der Waals surface area (Å²) in [6.45, 7) is 2.86. The molecule has 5 rings (SSSR count). The van der Waals surface area contributed by atoms with Crippen LogP contribution in [0.1, 0.15) is 17.1 Å². The number of benzene rings is 2. The number of aromatic nitrogens is 5. The highest BCUT2D eigenvalue weighted by atomic mass is 127. The van der Waals surface area contributed by atoms with Crippen LogP contribution in [0.25, 0.3) is 33.7 Å². The summed E-state index contributed by atoms with van der Waals surface area (Å²) in [6, 6.07) is 15.6. The Hall–Kier alpha value is -3.31. The van der Waals surface area contributed by atoms with E-state index >= 15 is 0 Å². The third-order valence-corrected chi connectivity index (χ3v) is 6.45. The lowest BCUT2D eigenvalue weighted by molar-refractivity contribution is 0.477. The van der Waals surface area contributed by atoms with Crippen molar-refractivity contribution in [3.8, 4) is 22.6 Å². The number of aromatic amines is 1. The summed E-state index contributed by atoms with van der Waals surface area (Å²) in [5, 5.41) is 0. The lowest BCUT2D eigenvalue weighted by Gasteiger charge is -2.13. The minimum absolute atomic E-state index is 0.0937. The summed E-state index contributed by atoms with van der Waals surface area (Å²) in [7, 11) is 0. The van der Waals surface area contributed by atoms with Gasteiger partial charge in [0.15, 0.2) is 0 Å². The Bertz CT molecular complexity index is 1480. The number of halogens is 3. The minimum Gasteiger partial charge on any atom is -0.339 e. The standard InChI is InChI=1S/C26H21F2IN6/c1-16-4-2-7-22(32-16)26-25(17-8-9-21-23(14-17)31-12-11-30-21)33-24(34-26)15-35(29)13-10-18-19(27)5-3-6-20(18)28/h2-9,11-12,14H,10,13,15H2,1H3,(H,33,34). The van der Waals surface area contributed by atoms with Crippen molar-refractivity contribution in [2.75, 3.05) is 6.54 Å². The molecule has 0 amide bonds. The van der Waals surface area contributed by atoms with Crippen molar-refractivity contribution in [1.29, 1.82) is 0 Å². The molecule has 6 nitrogen and oxygen atoms in total. The van der Waals surface area contributed by atoms with Crippen LogP contribution in [-0.2, 0) is 13.0 Å². The van der Waals surface area contributed by atoms with Gasteiger partial charge in [0.1, 0.15) is 17.5 Å². The van der Waals surface area contributed by atoms with Crippen molar-refractivity contribution >= 4 is 33.9 Å². The number of hydrogen-bond donors (Lipinski definition) is 1. The van der Waals surface area contributed by atoms with Crippen LogP contribution in [0, 0.1) is 18.6 Å². The molecule has 3 heterocycles. The van der Waals surface area contributed by atoms with Crippen molar-refractivity contribution in [3.05, 3.63) is 95.7 Å². The Morgan fingerprint density at radius 1 is 0.914 bits per heavy atom. The molecule has 0 aliphatic heterocycles. The number of nitrogens with zero attached hydrogens (tertiary/aromatic N) is 5. The predicted molar refractivity (Wildman–Crippen MR) is 140 cm³/mol. The average Bonchev–Trinajstić information content (AvgIpc) is 3.27. The number of hydrogen-bond acceptors (Lipinski definition) is 5. The van der Waals surface area contributed by atoms with E-state index in [1.54, 1.807) is 12.4 Å². The van der Waals surface area contributed by atoms with Crippen LogP contribution in [0.3, 0.4) is 0 Å². The second-order valence-electron chi connectivity index (χ2n) is 8.13. The van der Waals surface area contributed by atoms with E-state index in [2.05, 4.69) is 42.8 Å². The van der Waals surface area contributed by atoms with Gasteiger partial charge in [0.05, 0.1) is 34.7 Å². The molecule has 0 radical (unpaired) electrons. The fourth-order valence-electron chi connectivity index (χ4n) is 3.93. The van der Waals surface area contributed by atoms with Crippen LogP contribution in [0.2, 0.25) is 0 Å². The fraction of sp³-hybridized carbons (Fsp3) is 0.154. The number of fused-ring (bicyclic) bond motifs is 1. The van der Waals surface area contributed by atoms with Gasteiger partial charge in [-0.2, -0.15) is 0 Å². The number of H-pyrrole nitrogens is 1. The molecule has 5 aromatic rings. The molecular weight excluding hydrogens is 561 g/mol. The molecule has 3 aromatic heterocycles. The third kappa shape index (κ3) is 5.20. The molecule has 0 atom stereocenters. The summed E-state index contributed by atoms with van der Waals surface area (Å²) >= 11 is 2.16.